The van der Waals surface area contributed by atoms with Gasteiger partial charge in [0.25, 0.3) is 0 Å². The highest BCUT2D eigenvalue weighted by atomic mass is 79.9. The zero-order chi connectivity index (χ0) is 11.1. The highest BCUT2D eigenvalue weighted by Gasteiger charge is 2.15. The predicted octanol–water partition coefficient (Wildman–Crippen LogP) is 4.19. The average Bonchev–Trinajstić information content (AvgIpc) is 2.29. The monoisotopic (exact) mass is 270 g/mol. The number of halogens is 1. The van der Waals surface area contributed by atoms with Crippen LogP contribution < -0.4 is 0 Å². The Balaban J connectivity index is 2.42. The van der Waals surface area contributed by atoms with Crippen LogP contribution in [0.1, 0.15) is 30.2 Å². The molecule has 0 fully saturated rings. The Bertz CT molecular complexity index is 260. The first-order valence-electron chi connectivity index (χ1n) is 5.43. The highest BCUT2D eigenvalue weighted by Crippen LogP contribution is 2.33. The highest BCUT2D eigenvalue weighted by molar-refractivity contribution is 9.09. The maximum absolute atomic E-state index is 5.06. The summed E-state index contributed by atoms with van der Waals surface area (Å²) in [6.07, 6.45) is 2.32. The van der Waals surface area contributed by atoms with E-state index in [4.69, 9.17) is 4.74 Å². The number of rotatable bonds is 6. The van der Waals surface area contributed by atoms with E-state index in [2.05, 4.69) is 53.2 Å². The summed E-state index contributed by atoms with van der Waals surface area (Å²) < 4.78 is 5.06. The Kier molecular flexibility index (Phi) is 5.96. The largest absolute Gasteiger partial charge is 0.385 e. The zero-order valence-electron chi connectivity index (χ0n) is 9.45. The van der Waals surface area contributed by atoms with Gasteiger partial charge in [0, 0.05) is 18.5 Å². The lowest BCUT2D eigenvalue weighted by Gasteiger charge is -2.18. The van der Waals surface area contributed by atoms with Gasteiger partial charge in [-0.2, -0.15) is 0 Å². The lowest BCUT2D eigenvalue weighted by molar-refractivity contribution is 0.187. The molecule has 0 heterocycles. The average molecular weight is 271 g/mol. The number of benzene rings is 1. The molecule has 2 unspecified atom stereocenters. The van der Waals surface area contributed by atoms with Crippen molar-refractivity contribution in [2.45, 2.75) is 24.6 Å². The van der Waals surface area contributed by atoms with E-state index in [9.17, 15) is 0 Å². The molecular formula is C13H19BrO. The fraction of sp³-hybridized carbons (Fsp3) is 0.538. The lowest BCUT2D eigenvalue weighted by atomic mass is 9.97. The zero-order valence-corrected chi connectivity index (χ0v) is 11.0. The minimum atomic E-state index is 0.454. The van der Waals surface area contributed by atoms with E-state index in [-0.39, 0.29) is 0 Å². The van der Waals surface area contributed by atoms with Crippen molar-refractivity contribution in [3.8, 4) is 0 Å². The summed E-state index contributed by atoms with van der Waals surface area (Å²) in [5.41, 5.74) is 1.36. The molecule has 0 spiro atoms. The Hall–Kier alpha value is -0.340. The standard InChI is InChI=1S/C13H19BrO/c1-11(7-6-10-15-2)13(14)12-8-4-3-5-9-12/h3-5,8-9,11,13H,6-7,10H2,1-2H3. The third-order valence-electron chi connectivity index (χ3n) is 2.63. The van der Waals surface area contributed by atoms with Crippen LogP contribution in [-0.2, 0) is 4.74 Å². The van der Waals surface area contributed by atoms with Crippen LogP contribution in [-0.4, -0.2) is 13.7 Å². The molecule has 0 aliphatic carbocycles. The summed E-state index contributed by atoms with van der Waals surface area (Å²) in [4.78, 5) is 0.454. The maximum Gasteiger partial charge on any atom is 0.0462 e. The van der Waals surface area contributed by atoms with E-state index in [1.165, 1.54) is 12.0 Å². The first kappa shape index (κ1) is 12.7. The Morgan fingerprint density at radius 1 is 1.27 bits per heavy atom. The Labute approximate surface area is 101 Å². The van der Waals surface area contributed by atoms with E-state index in [0.717, 1.165) is 13.0 Å². The molecule has 0 saturated heterocycles. The van der Waals surface area contributed by atoms with E-state index in [1.807, 2.05) is 0 Å². The predicted molar refractivity (Wildman–Crippen MR) is 68.4 cm³/mol. The van der Waals surface area contributed by atoms with Crippen molar-refractivity contribution >= 4 is 15.9 Å². The molecular weight excluding hydrogens is 252 g/mol. The van der Waals surface area contributed by atoms with Crippen molar-refractivity contribution in [2.24, 2.45) is 5.92 Å². The van der Waals surface area contributed by atoms with Gasteiger partial charge in [-0.1, -0.05) is 53.2 Å². The molecule has 1 aromatic carbocycles. The number of hydrogen-bond donors (Lipinski definition) is 0. The minimum Gasteiger partial charge on any atom is -0.385 e. The van der Waals surface area contributed by atoms with Crippen molar-refractivity contribution in [3.05, 3.63) is 35.9 Å². The molecule has 0 N–H and O–H groups in total. The molecule has 0 saturated carbocycles. The molecule has 1 rings (SSSR count). The smallest absolute Gasteiger partial charge is 0.0462 e. The summed E-state index contributed by atoms with van der Waals surface area (Å²) in [6.45, 7) is 3.14. The SMILES string of the molecule is COCCCC(C)C(Br)c1ccccc1. The van der Waals surface area contributed by atoms with E-state index < -0.39 is 0 Å². The fourth-order valence-corrected chi connectivity index (χ4v) is 2.23. The summed E-state index contributed by atoms with van der Waals surface area (Å²) in [7, 11) is 1.76. The molecule has 2 heteroatoms. The molecule has 0 aliphatic heterocycles. The molecule has 0 bridgehead atoms. The van der Waals surface area contributed by atoms with Gasteiger partial charge in [0.05, 0.1) is 0 Å². The summed E-state index contributed by atoms with van der Waals surface area (Å²) in [5.74, 6) is 0.641. The Morgan fingerprint density at radius 3 is 2.53 bits per heavy atom. The number of alkyl halides is 1. The number of methoxy groups -OCH3 is 1. The maximum atomic E-state index is 5.06. The van der Waals surface area contributed by atoms with Crippen molar-refractivity contribution in [1.82, 2.24) is 0 Å². The van der Waals surface area contributed by atoms with Crippen LogP contribution in [0.5, 0.6) is 0 Å². The molecule has 1 aromatic rings. The van der Waals surface area contributed by atoms with Crippen LogP contribution in [0, 0.1) is 5.92 Å². The molecule has 0 aromatic heterocycles. The van der Waals surface area contributed by atoms with E-state index in [0.29, 0.717) is 10.7 Å². The summed E-state index contributed by atoms with van der Waals surface area (Å²) in [5, 5.41) is 0. The molecule has 0 aliphatic rings. The van der Waals surface area contributed by atoms with Gasteiger partial charge in [-0.25, -0.2) is 0 Å². The van der Waals surface area contributed by atoms with Crippen LogP contribution in [0.4, 0.5) is 0 Å². The van der Waals surface area contributed by atoms with Crippen LogP contribution in [0.3, 0.4) is 0 Å². The minimum absolute atomic E-state index is 0.454. The van der Waals surface area contributed by atoms with E-state index >= 15 is 0 Å². The first-order chi connectivity index (χ1) is 7.25. The second kappa shape index (κ2) is 7.02. The molecule has 0 radical (unpaired) electrons. The van der Waals surface area contributed by atoms with Gasteiger partial charge in [-0.3, -0.25) is 0 Å². The van der Waals surface area contributed by atoms with Crippen molar-refractivity contribution < 1.29 is 4.74 Å². The molecule has 2 atom stereocenters. The van der Waals surface area contributed by atoms with Gasteiger partial charge in [0.15, 0.2) is 0 Å². The van der Waals surface area contributed by atoms with Gasteiger partial charge < -0.3 is 4.74 Å². The number of hydrogen-bond acceptors (Lipinski definition) is 1. The first-order valence-corrected chi connectivity index (χ1v) is 6.35. The summed E-state index contributed by atoms with van der Waals surface area (Å²) >= 11 is 3.76. The van der Waals surface area contributed by atoms with Crippen LogP contribution in [0.2, 0.25) is 0 Å². The van der Waals surface area contributed by atoms with E-state index in [1.54, 1.807) is 7.11 Å². The summed E-state index contributed by atoms with van der Waals surface area (Å²) in [6, 6.07) is 10.6. The molecule has 84 valence electrons. The van der Waals surface area contributed by atoms with Gasteiger partial charge >= 0.3 is 0 Å². The molecule has 15 heavy (non-hydrogen) atoms. The molecule has 1 nitrogen and oxygen atoms in total. The lowest BCUT2D eigenvalue weighted by Crippen LogP contribution is -2.04. The van der Waals surface area contributed by atoms with Crippen molar-refractivity contribution in [3.63, 3.8) is 0 Å². The quantitative estimate of drug-likeness (QED) is 0.557. The van der Waals surface area contributed by atoms with Gasteiger partial charge in [-0.15, -0.1) is 0 Å². The second-order valence-corrected chi connectivity index (χ2v) is 4.91. The van der Waals surface area contributed by atoms with Crippen LogP contribution in [0.25, 0.3) is 0 Å². The van der Waals surface area contributed by atoms with Crippen LogP contribution >= 0.6 is 15.9 Å². The van der Waals surface area contributed by atoms with Gasteiger partial charge in [0.1, 0.15) is 0 Å². The van der Waals surface area contributed by atoms with Gasteiger partial charge in [0.2, 0.25) is 0 Å². The third kappa shape index (κ3) is 4.35. The molecule has 0 amide bonds. The number of ether oxygens (including phenoxy) is 1. The third-order valence-corrected chi connectivity index (χ3v) is 4.06. The van der Waals surface area contributed by atoms with Gasteiger partial charge in [-0.05, 0) is 24.3 Å². The van der Waals surface area contributed by atoms with Crippen molar-refractivity contribution in [1.29, 1.82) is 0 Å². The second-order valence-electron chi connectivity index (χ2n) is 3.92. The normalized spacial score (nSPS) is 14.9. The van der Waals surface area contributed by atoms with Crippen LogP contribution in [0.15, 0.2) is 30.3 Å². The topological polar surface area (TPSA) is 9.23 Å². The van der Waals surface area contributed by atoms with Crippen molar-refractivity contribution in [2.75, 3.05) is 13.7 Å². The Morgan fingerprint density at radius 2 is 1.93 bits per heavy atom. The fourth-order valence-electron chi connectivity index (χ4n) is 1.66.